The van der Waals surface area contributed by atoms with E-state index < -0.39 is 17.7 Å². The van der Waals surface area contributed by atoms with Gasteiger partial charge in [-0.15, -0.1) is 16.4 Å². The van der Waals surface area contributed by atoms with Gasteiger partial charge in [0.1, 0.15) is 0 Å². The van der Waals surface area contributed by atoms with Crippen LogP contribution in [0.5, 0.6) is 0 Å². The molecule has 2 aromatic rings. The van der Waals surface area contributed by atoms with Gasteiger partial charge in [-0.05, 0) is 19.1 Å². The topological polar surface area (TPSA) is 117 Å². The number of thiophene rings is 1. The second-order valence-corrected chi connectivity index (χ2v) is 5.15. The molecule has 9 heteroatoms. The van der Waals surface area contributed by atoms with E-state index in [1.165, 1.54) is 10.9 Å². The van der Waals surface area contributed by atoms with E-state index in [0.717, 1.165) is 16.2 Å². The molecule has 0 unspecified atom stereocenters. The Balaban J connectivity index is 2.07. The SMILES string of the molecule is CCOC(=O)C(=O)c1ccc(Cn2cc(C(N)=O)nn2)s1. The number of rotatable bonds is 6. The van der Waals surface area contributed by atoms with Crippen molar-refractivity contribution in [3.8, 4) is 0 Å². The second kappa shape index (κ2) is 6.27. The van der Waals surface area contributed by atoms with Crippen molar-refractivity contribution < 1.29 is 19.1 Å². The third-order valence-electron chi connectivity index (χ3n) is 2.46. The van der Waals surface area contributed by atoms with Gasteiger partial charge in [-0.3, -0.25) is 9.59 Å². The average molecular weight is 308 g/mol. The highest BCUT2D eigenvalue weighted by molar-refractivity contribution is 7.14. The molecular formula is C12H12N4O4S. The molecular weight excluding hydrogens is 296 g/mol. The zero-order valence-corrected chi connectivity index (χ0v) is 11.9. The molecule has 0 atom stereocenters. The zero-order valence-electron chi connectivity index (χ0n) is 11.1. The molecule has 0 aliphatic rings. The number of amides is 1. The lowest BCUT2D eigenvalue weighted by atomic mass is 10.3. The van der Waals surface area contributed by atoms with Crippen LogP contribution in [0.4, 0.5) is 0 Å². The van der Waals surface area contributed by atoms with Crippen LogP contribution in [0, 0.1) is 0 Å². The molecule has 0 bridgehead atoms. The molecule has 0 aliphatic heterocycles. The standard InChI is InChI=1S/C12H12N4O4S/c1-2-20-12(19)10(17)9-4-3-7(21-9)5-16-6-8(11(13)18)14-15-16/h3-4,6H,2,5H2,1H3,(H2,13,18). The maximum Gasteiger partial charge on any atom is 0.380 e. The van der Waals surface area contributed by atoms with Gasteiger partial charge in [0.15, 0.2) is 5.69 Å². The van der Waals surface area contributed by atoms with Gasteiger partial charge >= 0.3 is 5.97 Å². The molecule has 21 heavy (non-hydrogen) atoms. The Morgan fingerprint density at radius 3 is 2.76 bits per heavy atom. The summed E-state index contributed by atoms with van der Waals surface area (Å²) in [6.07, 6.45) is 1.41. The number of esters is 1. The number of Topliss-reactive ketones (excluding diaryl/α,β-unsaturated/α-hetero) is 1. The molecule has 1 amide bonds. The fraction of sp³-hybridized carbons (Fsp3) is 0.250. The molecule has 0 saturated heterocycles. The number of carbonyl (C=O) groups is 3. The van der Waals surface area contributed by atoms with Gasteiger partial charge in [0.05, 0.1) is 24.2 Å². The van der Waals surface area contributed by atoms with E-state index in [0.29, 0.717) is 11.4 Å². The van der Waals surface area contributed by atoms with Crippen LogP contribution in [0.15, 0.2) is 18.3 Å². The monoisotopic (exact) mass is 308 g/mol. The Morgan fingerprint density at radius 2 is 2.14 bits per heavy atom. The smallest absolute Gasteiger partial charge is 0.380 e. The summed E-state index contributed by atoms with van der Waals surface area (Å²) in [5, 5.41) is 7.36. The van der Waals surface area contributed by atoms with Gasteiger partial charge < -0.3 is 10.5 Å². The molecule has 0 spiro atoms. The number of ketones is 1. The number of primary amides is 1. The molecule has 2 N–H and O–H groups in total. The minimum atomic E-state index is -0.873. The fourth-order valence-corrected chi connectivity index (χ4v) is 2.46. The lowest BCUT2D eigenvalue weighted by Gasteiger charge is -1.98. The summed E-state index contributed by atoms with van der Waals surface area (Å²) >= 11 is 1.15. The van der Waals surface area contributed by atoms with Gasteiger partial charge in [-0.1, -0.05) is 5.21 Å². The number of aromatic nitrogens is 3. The van der Waals surface area contributed by atoms with Gasteiger partial charge in [-0.2, -0.15) is 0 Å². The van der Waals surface area contributed by atoms with Crippen LogP contribution in [-0.4, -0.2) is 39.3 Å². The number of nitrogens with two attached hydrogens (primary N) is 1. The summed E-state index contributed by atoms with van der Waals surface area (Å²) in [5.41, 5.74) is 5.14. The Bertz CT molecular complexity index is 691. The maximum absolute atomic E-state index is 11.7. The van der Waals surface area contributed by atoms with Crippen LogP contribution in [0.25, 0.3) is 0 Å². The van der Waals surface area contributed by atoms with E-state index in [9.17, 15) is 14.4 Å². The molecule has 0 saturated carbocycles. The van der Waals surface area contributed by atoms with E-state index in [4.69, 9.17) is 5.73 Å². The first-order valence-corrected chi connectivity index (χ1v) is 6.83. The van der Waals surface area contributed by atoms with Gasteiger partial charge in [0, 0.05) is 4.88 Å². The van der Waals surface area contributed by atoms with Crippen molar-refractivity contribution in [1.82, 2.24) is 15.0 Å². The number of carbonyl (C=O) groups excluding carboxylic acids is 3. The molecule has 0 fully saturated rings. The van der Waals surface area contributed by atoms with Gasteiger partial charge in [0.2, 0.25) is 0 Å². The van der Waals surface area contributed by atoms with E-state index in [-0.39, 0.29) is 12.3 Å². The molecule has 0 radical (unpaired) electrons. The zero-order chi connectivity index (χ0) is 15.4. The highest BCUT2D eigenvalue weighted by Crippen LogP contribution is 2.18. The van der Waals surface area contributed by atoms with Crippen molar-refractivity contribution in [1.29, 1.82) is 0 Å². The number of ether oxygens (including phenoxy) is 1. The van der Waals surface area contributed by atoms with Crippen LogP contribution in [0.2, 0.25) is 0 Å². The molecule has 2 rings (SSSR count). The molecule has 8 nitrogen and oxygen atoms in total. The van der Waals surface area contributed by atoms with Crippen LogP contribution in [0.3, 0.4) is 0 Å². The number of nitrogens with zero attached hydrogens (tertiary/aromatic N) is 3. The lowest BCUT2D eigenvalue weighted by molar-refractivity contribution is -0.137. The summed E-state index contributed by atoms with van der Waals surface area (Å²) < 4.78 is 6.08. The minimum absolute atomic E-state index is 0.0642. The highest BCUT2D eigenvalue weighted by atomic mass is 32.1. The van der Waals surface area contributed by atoms with Crippen molar-refractivity contribution in [3.63, 3.8) is 0 Å². The van der Waals surface area contributed by atoms with Gasteiger partial charge in [0.25, 0.3) is 11.7 Å². The largest absolute Gasteiger partial charge is 0.460 e. The second-order valence-electron chi connectivity index (χ2n) is 3.98. The average Bonchev–Trinajstić information content (AvgIpc) is 3.08. The van der Waals surface area contributed by atoms with Gasteiger partial charge in [-0.25, -0.2) is 9.48 Å². The number of hydrogen-bond donors (Lipinski definition) is 1. The predicted molar refractivity (Wildman–Crippen MR) is 72.9 cm³/mol. The van der Waals surface area contributed by atoms with Crippen LogP contribution >= 0.6 is 11.3 Å². The third kappa shape index (κ3) is 3.51. The van der Waals surface area contributed by atoms with Crippen molar-refractivity contribution in [2.75, 3.05) is 6.61 Å². The lowest BCUT2D eigenvalue weighted by Crippen LogP contribution is -2.16. The summed E-state index contributed by atoms with van der Waals surface area (Å²) in [4.78, 5) is 35.1. The Hall–Kier alpha value is -2.55. The maximum atomic E-state index is 11.7. The quantitative estimate of drug-likeness (QED) is 0.464. The highest BCUT2D eigenvalue weighted by Gasteiger charge is 2.19. The fourth-order valence-electron chi connectivity index (χ4n) is 1.53. The molecule has 0 aromatic carbocycles. The van der Waals surface area contributed by atoms with Crippen molar-refractivity contribution in [2.45, 2.75) is 13.5 Å². The minimum Gasteiger partial charge on any atom is -0.460 e. The summed E-state index contributed by atoms with van der Waals surface area (Å²) in [6, 6.07) is 3.24. The Labute approximate surface area is 123 Å². The van der Waals surface area contributed by atoms with Crippen LogP contribution in [0.1, 0.15) is 32.0 Å². The Morgan fingerprint density at radius 1 is 1.38 bits per heavy atom. The van der Waals surface area contributed by atoms with E-state index >= 15 is 0 Å². The van der Waals surface area contributed by atoms with Crippen molar-refractivity contribution in [2.24, 2.45) is 5.73 Å². The summed E-state index contributed by atoms with van der Waals surface area (Å²) in [7, 11) is 0. The predicted octanol–water partition coefficient (Wildman–Crippen LogP) is 0.233. The first-order valence-electron chi connectivity index (χ1n) is 6.01. The molecule has 0 aliphatic carbocycles. The normalized spacial score (nSPS) is 10.3. The first kappa shape index (κ1) is 14.9. The van der Waals surface area contributed by atoms with E-state index in [1.54, 1.807) is 19.1 Å². The van der Waals surface area contributed by atoms with E-state index in [1.807, 2.05) is 0 Å². The molecule has 2 heterocycles. The van der Waals surface area contributed by atoms with E-state index in [2.05, 4.69) is 15.0 Å². The van der Waals surface area contributed by atoms with Crippen molar-refractivity contribution in [3.05, 3.63) is 33.8 Å². The molecule has 2 aromatic heterocycles. The first-order chi connectivity index (χ1) is 10.0. The summed E-state index contributed by atoms with van der Waals surface area (Å²) in [5.74, 6) is -2.21. The third-order valence-corrected chi connectivity index (χ3v) is 3.52. The Kier molecular flexibility index (Phi) is 4.43. The van der Waals surface area contributed by atoms with Crippen LogP contribution in [-0.2, 0) is 16.1 Å². The van der Waals surface area contributed by atoms with Crippen molar-refractivity contribution >= 4 is 29.0 Å². The van der Waals surface area contributed by atoms with Crippen LogP contribution < -0.4 is 5.73 Å². The molecule has 110 valence electrons. The number of hydrogen-bond acceptors (Lipinski definition) is 7. The summed E-state index contributed by atoms with van der Waals surface area (Å²) in [6.45, 7) is 2.10.